The number of ether oxygens (including phenoxy) is 1. The number of nitrogens with two attached hydrogens (primary N) is 1. The number of alkyl halides is 2. The molecule has 2 aromatic heterocycles. The lowest BCUT2D eigenvalue weighted by Gasteiger charge is -2.20. The summed E-state index contributed by atoms with van der Waals surface area (Å²) in [5, 5.41) is 18.4. The van der Waals surface area contributed by atoms with Crippen LogP contribution in [0.5, 0.6) is 0 Å². The van der Waals surface area contributed by atoms with Crippen LogP contribution in [0.3, 0.4) is 0 Å². The van der Waals surface area contributed by atoms with Crippen LogP contribution in [0.25, 0.3) is 11.2 Å². The van der Waals surface area contributed by atoms with Gasteiger partial charge in [0.15, 0.2) is 11.8 Å². The molecule has 0 saturated carbocycles. The maximum atomic E-state index is 14.0. The zero-order valence-corrected chi connectivity index (χ0v) is 10.0. The van der Waals surface area contributed by atoms with Crippen molar-refractivity contribution in [1.29, 1.82) is 0 Å². The Bertz CT molecular complexity index is 649. The SMILES string of the molecule is Nc1ncc2ncn([C@@H]3O[C@H](CO)[C@@H](O)C3(F)F)c2n1. The number of fused-ring (bicyclic) bond motifs is 1. The first-order valence-electron chi connectivity index (χ1n) is 5.72. The van der Waals surface area contributed by atoms with E-state index in [1.54, 1.807) is 0 Å². The summed E-state index contributed by atoms with van der Waals surface area (Å²) in [7, 11) is 0. The van der Waals surface area contributed by atoms with E-state index in [1.165, 1.54) is 6.20 Å². The number of aromatic nitrogens is 4. The maximum Gasteiger partial charge on any atom is 0.320 e. The van der Waals surface area contributed by atoms with Gasteiger partial charge in [-0.05, 0) is 0 Å². The summed E-state index contributed by atoms with van der Waals surface area (Å²) in [6.45, 7) is -0.725. The van der Waals surface area contributed by atoms with Crippen LogP contribution in [-0.4, -0.2) is 54.5 Å². The minimum atomic E-state index is -3.60. The number of aliphatic hydroxyl groups excluding tert-OH is 2. The number of nitrogens with zero attached hydrogens (tertiary/aromatic N) is 4. The predicted octanol–water partition coefficient (Wildman–Crippen LogP) is -0.706. The Morgan fingerprint density at radius 1 is 1.45 bits per heavy atom. The fourth-order valence-corrected chi connectivity index (χ4v) is 2.13. The van der Waals surface area contributed by atoms with Crippen LogP contribution in [0.1, 0.15) is 6.23 Å². The average Bonchev–Trinajstić information content (AvgIpc) is 2.90. The number of hydrogen-bond donors (Lipinski definition) is 3. The Morgan fingerprint density at radius 2 is 2.20 bits per heavy atom. The van der Waals surface area contributed by atoms with Gasteiger partial charge >= 0.3 is 5.92 Å². The number of anilines is 1. The molecule has 10 heteroatoms. The van der Waals surface area contributed by atoms with Gasteiger partial charge in [0, 0.05) is 0 Å². The van der Waals surface area contributed by atoms with Crippen molar-refractivity contribution in [3.8, 4) is 0 Å². The second-order valence-corrected chi connectivity index (χ2v) is 4.42. The van der Waals surface area contributed by atoms with E-state index < -0.39 is 31.0 Å². The van der Waals surface area contributed by atoms with Crippen LogP contribution in [0.15, 0.2) is 12.5 Å². The smallest absolute Gasteiger partial charge is 0.320 e. The third-order valence-corrected chi connectivity index (χ3v) is 3.15. The normalized spacial score (nSPS) is 29.1. The van der Waals surface area contributed by atoms with Crippen molar-refractivity contribution in [1.82, 2.24) is 19.5 Å². The van der Waals surface area contributed by atoms with Gasteiger partial charge in [0.05, 0.1) is 19.1 Å². The quantitative estimate of drug-likeness (QED) is 0.667. The highest BCUT2D eigenvalue weighted by molar-refractivity contribution is 5.70. The molecule has 1 saturated heterocycles. The molecule has 0 unspecified atom stereocenters. The molecule has 0 spiro atoms. The van der Waals surface area contributed by atoms with Crippen LogP contribution >= 0.6 is 0 Å². The topological polar surface area (TPSA) is 119 Å². The summed E-state index contributed by atoms with van der Waals surface area (Å²) in [5.41, 5.74) is 5.75. The van der Waals surface area contributed by atoms with Crippen molar-refractivity contribution in [2.45, 2.75) is 24.4 Å². The zero-order valence-electron chi connectivity index (χ0n) is 10.0. The highest BCUT2D eigenvalue weighted by atomic mass is 19.3. The number of imidazole rings is 1. The molecule has 3 atom stereocenters. The molecule has 4 N–H and O–H groups in total. The molecule has 3 heterocycles. The summed E-state index contributed by atoms with van der Waals surface area (Å²) >= 11 is 0. The number of nitrogen functional groups attached to an aromatic ring is 1. The first-order chi connectivity index (χ1) is 9.45. The second-order valence-electron chi connectivity index (χ2n) is 4.42. The molecule has 1 fully saturated rings. The molecule has 0 amide bonds. The van der Waals surface area contributed by atoms with E-state index in [4.69, 9.17) is 15.6 Å². The molecule has 2 aromatic rings. The van der Waals surface area contributed by atoms with Crippen molar-refractivity contribution in [3.05, 3.63) is 12.5 Å². The van der Waals surface area contributed by atoms with Gasteiger partial charge in [0.25, 0.3) is 0 Å². The molecule has 8 nitrogen and oxygen atoms in total. The predicted molar refractivity (Wildman–Crippen MR) is 61.7 cm³/mol. The van der Waals surface area contributed by atoms with Gasteiger partial charge in [0.1, 0.15) is 11.6 Å². The van der Waals surface area contributed by atoms with Gasteiger partial charge in [-0.15, -0.1) is 0 Å². The van der Waals surface area contributed by atoms with Gasteiger partial charge in [0.2, 0.25) is 12.2 Å². The minimum Gasteiger partial charge on any atom is -0.394 e. The van der Waals surface area contributed by atoms with Gasteiger partial charge in [-0.25, -0.2) is 9.97 Å². The number of hydrogen-bond acceptors (Lipinski definition) is 7. The van der Waals surface area contributed by atoms with Crippen LogP contribution in [0, 0.1) is 0 Å². The summed E-state index contributed by atoms with van der Waals surface area (Å²) in [5.74, 6) is -3.69. The largest absolute Gasteiger partial charge is 0.394 e. The number of halogens is 2. The molecule has 1 aliphatic rings. The van der Waals surface area contributed by atoms with Gasteiger partial charge in [-0.2, -0.15) is 13.8 Å². The highest BCUT2D eigenvalue weighted by Crippen LogP contribution is 2.43. The third-order valence-electron chi connectivity index (χ3n) is 3.15. The van der Waals surface area contributed by atoms with E-state index in [0.717, 1.165) is 10.9 Å². The minimum absolute atomic E-state index is 0.0629. The van der Waals surface area contributed by atoms with E-state index in [-0.39, 0.29) is 17.1 Å². The molecule has 0 radical (unpaired) electrons. The fraction of sp³-hybridized carbons (Fsp3) is 0.500. The summed E-state index contributed by atoms with van der Waals surface area (Å²) in [4.78, 5) is 11.4. The Labute approximate surface area is 110 Å². The van der Waals surface area contributed by atoms with E-state index in [2.05, 4.69) is 15.0 Å². The van der Waals surface area contributed by atoms with Gasteiger partial charge in [-0.1, -0.05) is 0 Å². The Morgan fingerprint density at radius 3 is 2.85 bits per heavy atom. The first-order valence-corrected chi connectivity index (χ1v) is 5.72. The average molecular weight is 287 g/mol. The van der Waals surface area contributed by atoms with Gasteiger partial charge in [-0.3, -0.25) is 4.57 Å². The van der Waals surface area contributed by atoms with Crippen LogP contribution in [0.4, 0.5) is 14.7 Å². The lowest BCUT2D eigenvalue weighted by atomic mass is 10.1. The van der Waals surface area contributed by atoms with E-state index in [9.17, 15) is 13.9 Å². The monoisotopic (exact) mass is 287 g/mol. The molecule has 20 heavy (non-hydrogen) atoms. The summed E-state index contributed by atoms with van der Waals surface area (Å²) < 4.78 is 34.0. The summed E-state index contributed by atoms with van der Waals surface area (Å²) in [6.07, 6.45) is -2.93. The van der Waals surface area contributed by atoms with E-state index in [1.807, 2.05) is 0 Å². The summed E-state index contributed by atoms with van der Waals surface area (Å²) in [6, 6.07) is 0. The fourth-order valence-electron chi connectivity index (χ4n) is 2.13. The molecule has 0 bridgehead atoms. The first kappa shape index (κ1) is 13.1. The standard InChI is InChI=1S/C10H11F2N5O3/c11-10(12)6(19)5(2-18)20-8(10)17-3-15-4-1-14-9(13)16-7(4)17/h1,3,5-6,8,18-19H,2H2,(H2,13,14,16)/t5-,6-,8-/m1/s1. The molecular weight excluding hydrogens is 276 g/mol. The Balaban J connectivity index is 2.09. The van der Waals surface area contributed by atoms with Crippen molar-refractivity contribution in [3.63, 3.8) is 0 Å². The molecule has 1 aliphatic heterocycles. The van der Waals surface area contributed by atoms with Crippen LogP contribution in [0.2, 0.25) is 0 Å². The highest BCUT2D eigenvalue weighted by Gasteiger charge is 2.59. The zero-order chi connectivity index (χ0) is 14.5. The molecule has 0 aromatic carbocycles. The van der Waals surface area contributed by atoms with Gasteiger partial charge < -0.3 is 20.7 Å². The van der Waals surface area contributed by atoms with Crippen molar-refractivity contribution in [2.75, 3.05) is 12.3 Å². The Kier molecular flexibility index (Phi) is 2.81. The lowest BCUT2D eigenvalue weighted by Crippen LogP contribution is -2.39. The second kappa shape index (κ2) is 4.30. The Hall–Kier alpha value is -1.91. The van der Waals surface area contributed by atoms with Crippen LogP contribution in [-0.2, 0) is 4.74 Å². The third kappa shape index (κ3) is 1.72. The van der Waals surface area contributed by atoms with E-state index >= 15 is 0 Å². The van der Waals surface area contributed by atoms with Crippen molar-refractivity contribution in [2.24, 2.45) is 0 Å². The maximum absolute atomic E-state index is 14.0. The molecular formula is C10H11F2N5O3. The molecule has 108 valence electrons. The number of aliphatic hydroxyl groups is 2. The van der Waals surface area contributed by atoms with Crippen molar-refractivity contribution >= 4 is 17.1 Å². The van der Waals surface area contributed by atoms with Crippen molar-refractivity contribution < 1.29 is 23.7 Å². The lowest BCUT2D eigenvalue weighted by molar-refractivity contribution is -0.138. The van der Waals surface area contributed by atoms with E-state index in [0.29, 0.717) is 0 Å². The number of rotatable bonds is 2. The molecule has 3 rings (SSSR count). The molecule has 0 aliphatic carbocycles. The van der Waals surface area contributed by atoms with Crippen LogP contribution < -0.4 is 5.73 Å².